The molecule has 0 bridgehead atoms. The summed E-state index contributed by atoms with van der Waals surface area (Å²) < 4.78 is 29.1. The van der Waals surface area contributed by atoms with Gasteiger partial charge in [0.2, 0.25) is 0 Å². The molecule has 0 radical (unpaired) electrons. The number of benzene rings is 1. The van der Waals surface area contributed by atoms with Crippen LogP contribution >= 0.6 is 0 Å². The lowest BCUT2D eigenvalue weighted by molar-refractivity contribution is -0.0498. The summed E-state index contributed by atoms with van der Waals surface area (Å²) in [5.74, 6) is 4.80. The zero-order valence-corrected chi connectivity index (χ0v) is 17.8. The molecule has 3 heteroatoms. The second-order valence-corrected chi connectivity index (χ2v) is 10.1. The average Bonchev–Trinajstić information content (AvgIpc) is 3.27. The number of halogens is 2. The van der Waals surface area contributed by atoms with E-state index in [0.29, 0.717) is 5.92 Å². The van der Waals surface area contributed by atoms with Crippen LogP contribution in [0.1, 0.15) is 101 Å². The molecule has 0 aromatic heterocycles. The van der Waals surface area contributed by atoms with Gasteiger partial charge in [-0.05, 0) is 85.8 Å². The number of rotatable bonds is 7. The molecule has 3 aliphatic rings. The maximum atomic E-state index is 12.3. The van der Waals surface area contributed by atoms with Gasteiger partial charge in [-0.1, -0.05) is 63.5 Å². The third kappa shape index (κ3) is 5.95. The van der Waals surface area contributed by atoms with Gasteiger partial charge in [0, 0.05) is 0 Å². The molecule has 0 unspecified atom stereocenters. The standard InChI is InChI=1S/C26H38F2O/c27-26(28)29-25-17-15-24(16-18-25)23-13-11-22(12-14-23)21-9-7-20(8-10-21)6-5-19-3-1-2-4-19/h15-23,26H,1-14H2/t20-,21-,22-,23-. The fourth-order valence-electron chi connectivity index (χ4n) is 6.56. The van der Waals surface area contributed by atoms with Gasteiger partial charge in [0.25, 0.3) is 0 Å². The first-order valence-corrected chi connectivity index (χ1v) is 12.2. The van der Waals surface area contributed by atoms with Crippen molar-refractivity contribution < 1.29 is 13.5 Å². The van der Waals surface area contributed by atoms with E-state index in [1.807, 2.05) is 12.1 Å². The van der Waals surface area contributed by atoms with Crippen LogP contribution in [0, 0.1) is 23.7 Å². The van der Waals surface area contributed by atoms with Gasteiger partial charge in [-0.2, -0.15) is 8.78 Å². The molecule has 0 N–H and O–H groups in total. The van der Waals surface area contributed by atoms with Gasteiger partial charge in [0.05, 0.1) is 0 Å². The molecule has 0 amide bonds. The Morgan fingerprint density at radius 2 is 1.21 bits per heavy atom. The molecule has 1 aromatic carbocycles. The SMILES string of the molecule is FC(F)Oc1ccc([C@H]2CC[C@H]([C@H]3CC[C@H](CCC4CCCC4)CC3)CC2)cc1. The number of hydrogen-bond donors (Lipinski definition) is 0. The highest BCUT2D eigenvalue weighted by atomic mass is 19.3. The maximum Gasteiger partial charge on any atom is 0.387 e. The normalized spacial score (nSPS) is 31.3. The van der Waals surface area contributed by atoms with Gasteiger partial charge in [0.1, 0.15) is 5.75 Å². The van der Waals surface area contributed by atoms with Crippen LogP contribution < -0.4 is 4.74 Å². The van der Waals surface area contributed by atoms with E-state index < -0.39 is 6.61 Å². The topological polar surface area (TPSA) is 9.23 Å². The van der Waals surface area contributed by atoms with Crippen molar-refractivity contribution in [2.24, 2.45) is 23.7 Å². The molecular formula is C26H38F2O. The van der Waals surface area contributed by atoms with E-state index in [1.165, 1.54) is 95.5 Å². The molecule has 0 saturated heterocycles. The van der Waals surface area contributed by atoms with E-state index in [-0.39, 0.29) is 5.75 Å². The van der Waals surface area contributed by atoms with Gasteiger partial charge in [-0.15, -0.1) is 0 Å². The van der Waals surface area contributed by atoms with Gasteiger partial charge >= 0.3 is 6.61 Å². The molecule has 0 atom stereocenters. The van der Waals surface area contributed by atoms with Crippen LogP contribution in [0.15, 0.2) is 24.3 Å². The quantitative estimate of drug-likeness (QED) is 0.444. The van der Waals surface area contributed by atoms with Crippen molar-refractivity contribution in [1.29, 1.82) is 0 Å². The van der Waals surface area contributed by atoms with Crippen LogP contribution in [0.5, 0.6) is 5.75 Å². The van der Waals surface area contributed by atoms with Crippen molar-refractivity contribution in [3.8, 4) is 5.75 Å². The van der Waals surface area contributed by atoms with Crippen LogP contribution in [0.4, 0.5) is 8.78 Å². The summed E-state index contributed by atoms with van der Waals surface area (Å²) >= 11 is 0. The second kappa shape index (κ2) is 10.3. The highest BCUT2D eigenvalue weighted by Crippen LogP contribution is 2.45. The average molecular weight is 405 g/mol. The fraction of sp³-hybridized carbons (Fsp3) is 0.769. The Labute approximate surface area is 175 Å². The molecule has 0 heterocycles. The number of ether oxygens (including phenoxy) is 1. The van der Waals surface area contributed by atoms with Crippen LogP contribution in [-0.2, 0) is 0 Å². The van der Waals surface area contributed by atoms with Crippen LogP contribution in [0.3, 0.4) is 0 Å². The van der Waals surface area contributed by atoms with Crippen molar-refractivity contribution in [1.82, 2.24) is 0 Å². The Bertz CT molecular complexity index is 592. The fourth-order valence-corrected chi connectivity index (χ4v) is 6.56. The zero-order chi connectivity index (χ0) is 20.1. The lowest BCUT2D eigenvalue weighted by Gasteiger charge is -2.38. The zero-order valence-electron chi connectivity index (χ0n) is 17.8. The molecular weight excluding hydrogens is 366 g/mol. The molecule has 1 nitrogen and oxygen atoms in total. The van der Waals surface area contributed by atoms with Crippen molar-refractivity contribution in [2.45, 2.75) is 102 Å². The number of alkyl halides is 2. The summed E-state index contributed by atoms with van der Waals surface area (Å²) in [5.41, 5.74) is 1.29. The lowest BCUT2D eigenvalue weighted by atomic mass is 9.68. The van der Waals surface area contributed by atoms with E-state index in [0.717, 1.165) is 23.7 Å². The third-order valence-corrected chi connectivity index (χ3v) is 8.36. The van der Waals surface area contributed by atoms with Crippen LogP contribution in [-0.4, -0.2) is 6.61 Å². The van der Waals surface area contributed by atoms with Crippen LogP contribution in [0.2, 0.25) is 0 Å². The summed E-state index contributed by atoms with van der Waals surface area (Å²) in [7, 11) is 0. The smallest absolute Gasteiger partial charge is 0.387 e. The Kier molecular flexibility index (Phi) is 7.48. The molecule has 3 fully saturated rings. The summed E-state index contributed by atoms with van der Waals surface area (Å²) in [6, 6.07) is 7.36. The minimum atomic E-state index is -2.74. The van der Waals surface area contributed by atoms with Gasteiger partial charge in [-0.3, -0.25) is 0 Å². The van der Waals surface area contributed by atoms with E-state index >= 15 is 0 Å². The Hall–Kier alpha value is -1.12. The van der Waals surface area contributed by atoms with E-state index in [2.05, 4.69) is 4.74 Å². The Morgan fingerprint density at radius 3 is 1.76 bits per heavy atom. The highest BCUT2D eigenvalue weighted by Gasteiger charge is 2.31. The van der Waals surface area contributed by atoms with E-state index in [9.17, 15) is 8.78 Å². The second-order valence-electron chi connectivity index (χ2n) is 10.1. The summed E-state index contributed by atoms with van der Waals surface area (Å²) in [4.78, 5) is 0. The van der Waals surface area contributed by atoms with E-state index in [4.69, 9.17) is 0 Å². The first-order valence-electron chi connectivity index (χ1n) is 12.2. The molecule has 1 aromatic rings. The van der Waals surface area contributed by atoms with Crippen molar-refractivity contribution >= 4 is 0 Å². The highest BCUT2D eigenvalue weighted by molar-refractivity contribution is 5.29. The summed E-state index contributed by atoms with van der Waals surface area (Å²) in [6.07, 6.45) is 20.0. The van der Waals surface area contributed by atoms with Gasteiger partial charge < -0.3 is 4.74 Å². The molecule has 3 saturated carbocycles. The van der Waals surface area contributed by atoms with Crippen LogP contribution in [0.25, 0.3) is 0 Å². The minimum Gasteiger partial charge on any atom is -0.435 e. The monoisotopic (exact) mass is 404 g/mol. The summed E-state index contributed by atoms with van der Waals surface area (Å²) in [5, 5.41) is 0. The van der Waals surface area contributed by atoms with E-state index in [1.54, 1.807) is 12.1 Å². The van der Waals surface area contributed by atoms with Crippen molar-refractivity contribution in [3.63, 3.8) is 0 Å². The molecule has 29 heavy (non-hydrogen) atoms. The van der Waals surface area contributed by atoms with Crippen molar-refractivity contribution in [3.05, 3.63) is 29.8 Å². The minimum absolute atomic E-state index is 0.266. The first kappa shape index (κ1) is 21.1. The lowest BCUT2D eigenvalue weighted by Crippen LogP contribution is -2.25. The predicted molar refractivity (Wildman–Crippen MR) is 114 cm³/mol. The first-order chi connectivity index (χ1) is 14.2. The Balaban J connectivity index is 1.17. The Morgan fingerprint density at radius 1 is 0.690 bits per heavy atom. The molecule has 0 aliphatic heterocycles. The summed E-state index contributed by atoms with van der Waals surface area (Å²) in [6.45, 7) is -2.74. The molecule has 3 aliphatic carbocycles. The maximum absolute atomic E-state index is 12.3. The largest absolute Gasteiger partial charge is 0.435 e. The molecule has 162 valence electrons. The van der Waals surface area contributed by atoms with Crippen molar-refractivity contribution in [2.75, 3.05) is 0 Å². The predicted octanol–water partition coefficient (Wildman–Crippen LogP) is 8.34. The third-order valence-electron chi connectivity index (χ3n) is 8.36. The molecule has 4 rings (SSSR count). The van der Waals surface area contributed by atoms with Gasteiger partial charge in [0.15, 0.2) is 0 Å². The molecule has 0 spiro atoms. The van der Waals surface area contributed by atoms with Gasteiger partial charge in [-0.25, -0.2) is 0 Å². The number of hydrogen-bond acceptors (Lipinski definition) is 1.